The highest BCUT2D eigenvalue weighted by Gasteiger charge is 2.18. The number of hydrogen-bond donors (Lipinski definition) is 0. The standard InChI is InChI=1S/C56H32N2/c57-33-34-21-23-35(24-22-34)51-32-55(37-26-28-48-43-16-4-2-12-39(43)41-14-6-8-18-45(41)53(48)30-37)58-56-49-20-10-9-19-46(49)50(31-54(51)56)36-25-27-47-42-15-3-1-11-38(42)40-13-5-7-17-44(40)52(47)29-36/h1-32H. The summed E-state index contributed by atoms with van der Waals surface area (Å²) in [5.41, 5.74) is 8.01. The molecule has 0 bridgehead atoms. The molecule has 0 aliphatic rings. The predicted molar refractivity (Wildman–Crippen MR) is 245 cm³/mol. The molecule has 12 rings (SSSR count). The first kappa shape index (κ1) is 32.4. The summed E-state index contributed by atoms with van der Waals surface area (Å²) in [5, 5.41) is 28.0. The van der Waals surface area contributed by atoms with Gasteiger partial charge in [0.15, 0.2) is 0 Å². The normalized spacial score (nSPS) is 11.8. The molecule has 0 atom stereocenters. The van der Waals surface area contributed by atoms with E-state index < -0.39 is 0 Å². The van der Waals surface area contributed by atoms with E-state index >= 15 is 0 Å². The lowest BCUT2D eigenvalue weighted by Crippen LogP contribution is -1.94. The van der Waals surface area contributed by atoms with Gasteiger partial charge >= 0.3 is 0 Å². The Bertz CT molecular complexity index is 3670. The van der Waals surface area contributed by atoms with Crippen molar-refractivity contribution >= 4 is 86.3 Å². The molecular formula is C56H32N2. The Morgan fingerprint density at radius 2 is 0.672 bits per heavy atom. The summed E-state index contributed by atoms with van der Waals surface area (Å²) in [6.07, 6.45) is 0. The molecule has 0 amide bonds. The highest BCUT2D eigenvalue weighted by molar-refractivity contribution is 6.27. The smallest absolute Gasteiger partial charge is 0.0991 e. The Morgan fingerprint density at radius 3 is 1.17 bits per heavy atom. The molecule has 0 aliphatic carbocycles. The fourth-order valence-electron chi connectivity index (χ4n) is 9.55. The van der Waals surface area contributed by atoms with Gasteiger partial charge in [0.25, 0.3) is 0 Å². The van der Waals surface area contributed by atoms with Crippen LogP contribution < -0.4 is 0 Å². The van der Waals surface area contributed by atoms with Gasteiger partial charge in [-0.05, 0) is 129 Å². The first-order chi connectivity index (χ1) is 28.7. The van der Waals surface area contributed by atoms with Crippen LogP contribution in [-0.2, 0) is 0 Å². The molecule has 0 saturated heterocycles. The SMILES string of the molecule is N#Cc1ccc(-c2cc(-c3ccc4c5ccccc5c5ccccc5c4c3)nc3c2cc(-c2ccc4c5ccccc5c5ccccc5c4c2)c2ccccc23)cc1. The van der Waals surface area contributed by atoms with Crippen LogP contribution >= 0.6 is 0 Å². The quantitative estimate of drug-likeness (QED) is 0.170. The van der Waals surface area contributed by atoms with Crippen molar-refractivity contribution in [1.29, 1.82) is 5.26 Å². The average molecular weight is 733 g/mol. The van der Waals surface area contributed by atoms with E-state index in [4.69, 9.17) is 4.98 Å². The van der Waals surface area contributed by atoms with Crippen LogP contribution in [0.1, 0.15) is 5.56 Å². The molecule has 0 saturated carbocycles. The number of benzene rings is 11. The van der Waals surface area contributed by atoms with Gasteiger partial charge in [-0.3, -0.25) is 0 Å². The molecule has 0 radical (unpaired) electrons. The van der Waals surface area contributed by atoms with Crippen LogP contribution in [0.25, 0.3) is 120 Å². The minimum atomic E-state index is 0.637. The molecule has 0 unspecified atom stereocenters. The maximum absolute atomic E-state index is 9.71. The third-order valence-corrected chi connectivity index (χ3v) is 12.2. The van der Waals surface area contributed by atoms with Gasteiger partial charge in [-0.1, -0.05) is 158 Å². The Labute approximate surface area is 334 Å². The van der Waals surface area contributed by atoms with E-state index in [2.05, 4.69) is 188 Å². The first-order valence-electron chi connectivity index (χ1n) is 19.8. The Balaban J connectivity index is 1.14. The summed E-state index contributed by atoms with van der Waals surface area (Å²) in [6.45, 7) is 0. The molecule has 12 aromatic rings. The maximum atomic E-state index is 9.71. The van der Waals surface area contributed by atoms with Crippen molar-refractivity contribution in [3.63, 3.8) is 0 Å². The average Bonchev–Trinajstić information content (AvgIpc) is 3.31. The Morgan fingerprint density at radius 1 is 0.293 bits per heavy atom. The van der Waals surface area contributed by atoms with Crippen LogP contribution in [0.15, 0.2) is 194 Å². The fourth-order valence-corrected chi connectivity index (χ4v) is 9.55. The van der Waals surface area contributed by atoms with Crippen molar-refractivity contribution in [1.82, 2.24) is 4.98 Å². The molecule has 2 heteroatoms. The molecule has 266 valence electrons. The molecule has 0 spiro atoms. The second kappa shape index (κ2) is 12.6. The summed E-state index contributed by atoms with van der Waals surface area (Å²) in [5.74, 6) is 0. The van der Waals surface area contributed by atoms with Crippen molar-refractivity contribution in [2.75, 3.05) is 0 Å². The van der Waals surface area contributed by atoms with Gasteiger partial charge in [0.2, 0.25) is 0 Å². The van der Waals surface area contributed by atoms with Crippen LogP contribution in [0.4, 0.5) is 0 Å². The van der Waals surface area contributed by atoms with Gasteiger partial charge in [-0.25, -0.2) is 4.98 Å². The maximum Gasteiger partial charge on any atom is 0.0991 e. The van der Waals surface area contributed by atoms with E-state index in [9.17, 15) is 5.26 Å². The minimum Gasteiger partial charge on any atom is -0.247 e. The summed E-state index contributed by atoms with van der Waals surface area (Å²) in [7, 11) is 0. The third-order valence-electron chi connectivity index (χ3n) is 12.2. The zero-order valence-corrected chi connectivity index (χ0v) is 31.4. The second-order valence-electron chi connectivity index (χ2n) is 15.3. The summed E-state index contributed by atoms with van der Waals surface area (Å²) in [6, 6.07) is 72.2. The van der Waals surface area contributed by atoms with Crippen LogP contribution in [0, 0.1) is 11.3 Å². The number of aromatic nitrogens is 1. The van der Waals surface area contributed by atoms with E-state index in [1.807, 2.05) is 12.1 Å². The monoisotopic (exact) mass is 732 g/mol. The van der Waals surface area contributed by atoms with Crippen molar-refractivity contribution in [2.45, 2.75) is 0 Å². The van der Waals surface area contributed by atoms with E-state index in [0.717, 1.165) is 55.2 Å². The number of nitrogens with zero attached hydrogens (tertiary/aromatic N) is 2. The van der Waals surface area contributed by atoms with E-state index in [-0.39, 0.29) is 0 Å². The molecule has 2 nitrogen and oxygen atoms in total. The topological polar surface area (TPSA) is 36.7 Å². The van der Waals surface area contributed by atoms with Crippen LogP contribution in [0.3, 0.4) is 0 Å². The van der Waals surface area contributed by atoms with Crippen molar-refractivity contribution in [3.8, 4) is 39.6 Å². The molecule has 1 heterocycles. The Kier molecular flexibility index (Phi) is 7.03. The van der Waals surface area contributed by atoms with Crippen LogP contribution in [0.2, 0.25) is 0 Å². The lowest BCUT2D eigenvalue weighted by atomic mass is 9.88. The minimum absolute atomic E-state index is 0.637. The van der Waals surface area contributed by atoms with E-state index in [1.165, 1.54) is 64.6 Å². The summed E-state index contributed by atoms with van der Waals surface area (Å²) in [4.78, 5) is 5.55. The zero-order chi connectivity index (χ0) is 38.3. The number of fused-ring (bicyclic) bond motifs is 15. The number of pyridine rings is 1. The van der Waals surface area contributed by atoms with Gasteiger partial charge in [0.1, 0.15) is 0 Å². The molecule has 0 N–H and O–H groups in total. The first-order valence-corrected chi connectivity index (χ1v) is 19.8. The van der Waals surface area contributed by atoms with E-state index in [0.29, 0.717) is 5.56 Å². The van der Waals surface area contributed by atoms with Gasteiger partial charge in [0.05, 0.1) is 22.8 Å². The Hall–Kier alpha value is -7.86. The fraction of sp³-hybridized carbons (Fsp3) is 0. The van der Waals surface area contributed by atoms with Gasteiger partial charge in [-0.15, -0.1) is 0 Å². The molecule has 11 aromatic carbocycles. The van der Waals surface area contributed by atoms with Crippen molar-refractivity contribution in [3.05, 3.63) is 200 Å². The highest BCUT2D eigenvalue weighted by Crippen LogP contribution is 2.44. The van der Waals surface area contributed by atoms with Crippen LogP contribution in [0.5, 0.6) is 0 Å². The lowest BCUT2D eigenvalue weighted by molar-refractivity contribution is 1.41. The summed E-state index contributed by atoms with van der Waals surface area (Å²) >= 11 is 0. The van der Waals surface area contributed by atoms with Gasteiger partial charge < -0.3 is 0 Å². The molecule has 1 aromatic heterocycles. The predicted octanol–water partition coefficient (Wildman–Crippen LogP) is 15.2. The van der Waals surface area contributed by atoms with Crippen molar-refractivity contribution in [2.24, 2.45) is 0 Å². The third kappa shape index (κ3) is 4.81. The van der Waals surface area contributed by atoms with E-state index in [1.54, 1.807) is 0 Å². The highest BCUT2D eigenvalue weighted by atomic mass is 14.7. The molecule has 0 aliphatic heterocycles. The molecular weight excluding hydrogens is 701 g/mol. The number of nitriles is 1. The van der Waals surface area contributed by atoms with Crippen LogP contribution in [-0.4, -0.2) is 4.98 Å². The second-order valence-corrected chi connectivity index (χ2v) is 15.3. The largest absolute Gasteiger partial charge is 0.247 e. The van der Waals surface area contributed by atoms with Gasteiger partial charge in [-0.2, -0.15) is 5.26 Å². The molecule has 58 heavy (non-hydrogen) atoms. The summed E-state index contributed by atoms with van der Waals surface area (Å²) < 4.78 is 0. The lowest BCUT2D eigenvalue weighted by Gasteiger charge is -2.17. The zero-order valence-electron chi connectivity index (χ0n) is 31.4. The number of rotatable bonds is 3. The number of hydrogen-bond acceptors (Lipinski definition) is 2. The molecule has 0 fully saturated rings. The van der Waals surface area contributed by atoms with Gasteiger partial charge in [0, 0.05) is 16.3 Å². The van der Waals surface area contributed by atoms with Crippen molar-refractivity contribution < 1.29 is 0 Å².